The fourth-order valence-corrected chi connectivity index (χ4v) is 1.02. The van der Waals surface area contributed by atoms with Gasteiger partial charge in [-0.05, 0) is 20.3 Å². The first-order chi connectivity index (χ1) is 5.30. The first-order valence-corrected chi connectivity index (χ1v) is 4.44. The van der Waals surface area contributed by atoms with Crippen molar-refractivity contribution in [3.63, 3.8) is 0 Å². The van der Waals surface area contributed by atoms with Gasteiger partial charge in [0.15, 0.2) is 0 Å². The van der Waals surface area contributed by atoms with Crippen molar-refractivity contribution in [3.05, 3.63) is 11.1 Å². The zero-order valence-electron chi connectivity index (χ0n) is 8.15. The van der Waals surface area contributed by atoms with Crippen LogP contribution in [0.25, 0.3) is 0 Å². The molecule has 1 heterocycles. The number of allylic oxidation sites excluding steroid dienone is 1. The summed E-state index contributed by atoms with van der Waals surface area (Å²) in [5.41, 5.74) is 3.05. The smallest absolute Gasteiger partial charge is 0.0422 e. The van der Waals surface area contributed by atoms with Crippen LogP contribution in [0.3, 0.4) is 0 Å². The molecule has 0 aromatic rings. The SMILES string of the molecule is CC.CC(C)=C1CC=NCC1. The van der Waals surface area contributed by atoms with E-state index in [0.29, 0.717) is 0 Å². The van der Waals surface area contributed by atoms with Gasteiger partial charge >= 0.3 is 0 Å². The van der Waals surface area contributed by atoms with Gasteiger partial charge in [0.2, 0.25) is 0 Å². The zero-order valence-corrected chi connectivity index (χ0v) is 8.15. The number of hydrogen-bond donors (Lipinski definition) is 0. The molecule has 1 aliphatic heterocycles. The summed E-state index contributed by atoms with van der Waals surface area (Å²) in [7, 11) is 0. The lowest BCUT2D eigenvalue weighted by Crippen LogP contribution is -1.97. The van der Waals surface area contributed by atoms with Gasteiger partial charge in [-0.3, -0.25) is 4.99 Å². The maximum absolute atomic E-state index is 4.15. The van der Waals surface area contributed by atoms with Crippen molar-refractivity contribution in [3.8, 4) is 0 Å². The second-order valence-corrected chi connectivity index (χ2v) is 2.65. The highest BCUT2D eigenvalue weighted by Crippen LogP contribution is 2.14. The normalized spacial score (nSPS) is 15.5. The molecule has 1 aliphatic rings. The van der Waals surface area contributed by atoms with Crippen molar-refractivity contribution in [2.24, 2.45) is 4.99 Å². The summed E-state index contributed by atoms with van der Waals surface area (Å²) >= 11 is 0. The van der Waals surface area contributed by atoms with Gasteiger partial charge in [-0.25, -0.2) is 0 Å². The van der Waals surface area contributed by atoms with Crippen LogP contribution in [0.1, 0.15) is 40.5 Å². The van der Waals surface area contributed by atoms with E-state index in [2.05, 4.69) is 18.8 Å². The van der Waals surface area contributed by atoms with E-state index in [1.165, 1.54) is 12.0 Å². The third kappa shape index (κ3) is 3.97. The minimum atomic E-state index is 1.00. The summed E-state index contributed by atoms with van der Waals surface area (Å²) in [6.45, 7) is 9.35. The van der Waals surface area contributed by atoms with E-state index in [1.54, 1.807) is 5.57 Å². The molecule has 0 radical (unpaired) electrons. The van der Waals surface area contributed by atoms with Crippen LogP contribution in [0.2, 0.25) is 0 Å². The van der Waals surface area contributed by atoms with Crippen molar-refractivity contribution in [2.45, 2.75) is 40.5 Å². The molecule has 11 heavy (non-hydrogen) atoms. The molecule has 0 aromatic heterocycles. The third-order valence-electron chi connectivity index (χ3n) is 1.72. The van der Waals surface area contributed by atoms with Gasteiger partial charge < -0.3 is 0 Å². The summed E-state index contributed by atoms with van der Waals surface area (Å²) in [6, 6.07) is 0. The summed E-state index contributed by atoms with van der Waals surface area (Å²) in [6.07, 6.45) is 4.28. The second kappa shape index (κ2) is 6.14. The molecule has 0 bridgehead atoms. The highest BCUT2D eigenvalue weighted by molar-refractivity contribution is 5.62. The minimum absolute atomic E-state index is 1.00. The Balaban J connectivity index is 0.000000461. The average Bonchev–Trinajstić information content (AvgIpc) is 2.10. The van der Waals surface area contributed by atoms with Crippen LogP contribution < -0.4 is 0 Å². The highest BCUT2D eigenvalue weighted by atomic mass is 14.7. The highest BCUT2D eigenvalue weighted by Gasteiger charge is 2.00. The van der Waals surface area contributed by atoms with Gasteiger partial charge in [0.05, 0.1) is 0 Å². The first kappa shape index (κ1) is 10.4. The number of rotatable bonds is 0. The molecular weight excluding hydrogens is 134 g/mol. The molecule has 1 heteroatoms. The lowest BCUT2D eigenvalue weighted by Gasteiger charge is -2.08. The molecule has 0 unspecified atom stereocenters. The predicted octanol–water partition coefficient (Wildman–Crippen LogP) is 3.21. The molecule has 0 atom stereocenters. The molecule has 1 nitrogen and oxygen atoms in total. The van der Waals surface area contributed by atoms with Crippen molar-refractivity contribution in [2.75, 3.05) is 6.54 Å². The molecule has 0 N–H and O–H groups in total. The van der Waals surface area contributed by atoms with Crippen molar-refractivity contribution < 1.29 is 0 Å². The van der Waals surface area contributed by atoms with Crippen LogP contribution >= 0.6 is 0 Å². The molecule has 0 saturated heterocycles. The third-order valence-corrected chi connectivity index (χ3v) is 1.72. The Bertz CT molecular complexity index is 150. The van der Waals surface area contributed by atoms with E-state index < -0.39 is 0 Å². The first-order valence-electron chi connectivity index (χ1n) is 4.44. The fraction of sp³-hybridized carbons (Fsp3) is 0.700. The van der Waals surface area contributed by atoms with E-state index in [9.17, 15) is 0 Å². The van der Waals surface area contributed by atoms with Crippen molar-refractivity contribution in [1.82, 2.24) is 0 Å². The number of aliphatic imine (C=N–C) groups is 1. The van der Waals surface area contributed by atoms with Crippen molar-refractivity contribution in [1.29, 1.82) is 0 Å². The maximum Gasteiger partial charge on any atom is 0.0422 e. The standard InChI is InChI=1S/C8H13N.C2H6/c1-7(2)8-3-5-9-6-4-8;1-2/h5H,3-4,6H2,1-2H3;1-2H3. The van der Waals surface area contributed by atoms with E-state index in [1.807, 2.05) is 20.1 Å². The second-order valence-electron chi connectivity index (χ2n) is 2.65. The van der Waals surface area contributed by atoms with Gasteiger partial charge in [0.25, 0.3) is 0 Å². The molecule has 0 aliphatic carbocycles. The molecule has 1 rings (SSSR count). The largest absolute Gasteiger partial charge is 0.297 e. The van der Waals surface area contributed by atoms with Crippen LogP contribution in [-0.4, -0.2) is 12.8 Å². The van der Waals surface area contributed by atoms with Crippen LogP contribution in [-0.2, 0) is 0 Å². The predicted molar refractivity (Wildman–Crippen MR) is 52.3 cm³/mol. The number of nitrogens with zero attached hydrogens (tertiary/aromatic N) is 1. The molecular formula is C10H19N. The quantitative estimate of drug-likeness (QED) is 0.474. The van der Waals surface area contributed by atoms with E-state index in [-0.39, 0.29) is 0 Å². The topological polar surface area (TPSA) is 12.4 Å². The molecule has 64 valence electrons. The summed E-state index contributed by atoms with van der Waals surface area (Å²) in [4.78, 5) is 4.15. The van der Waals surface area contributed by atoms with Crippen LogP contribution in [0.5, 0.6) is 0 Å². The van der Waals surface area contributed by atoms with Crippen LogP contribution in [0.4, 0.5) is 0 Å². The summed E-state index contributed by atoms with van der Waals surface area (Å²) in [5, 5.41) is 0. The Morgan fingerprint density at radius 3 is 2.27 bits per heavy atom. The van der Waals surface area contributed by atoms with Gasteiger partial charge in [-0.15, -0.1) is 0 Å². The molecule has 0 aromatic carbocycles. The minimum Gasteiger partial charge on any atom is -0.297 e. The van der Waals surface area contributed by atoms with E-state index >= 15 is 0 Å². The maximum atomic E-state index is 4.15. The van der Waals surface area contributed by atoms with Gasteiger partial charge in [-0.2, -0.15) is 0 Å². The Hall–Kier alpha value is -0.590. The van der Waals surface area contributed by atoms with Gasteiger partial charge in [0, 0.05) is 19.2 Å². The Morgan fingerprint density at radius 1 is 1.36 bits per heavy atom. The van der Waals surface area contributed by atoms with Gasteiger partial charge in [-0.1, -0.05) is 25.0 Å². The van der Waals surface area contributed by atoms with Crippen molar-refractivity contribution >= 4 is 6.21 Å². The monoisotopic (exact) mass is 153 g/mol. The lowest BCUT2D eigenvalue weighted by molar-refractivity contribution is 0.883. The summed E-state index contributed by atoms with van der Waals surface area (Å²) < 4.78 is 0. The van der Waals surface area contributed by atoms with Gasteiger partial charge in [0.1, 0.15) is 0 Å². The Labute approximate surface area is 70.2 Å². The Morgan fingerprint density at radius 2 is 2.00 bits per heavy atom. The van der Waals surface area contributed by atoms with Crippen LogP contribution in [0, 0.1) is 0 Å². The van der Waals surface area contributed by atoms with E-state index in [4.69, 9.17) is 0 Å². The number of hydrogen-bond acceptors (Lipinski definition) is 1. The van der Waals surface area contributed by atoms with Crippen LogP contribution in [0.15, 0.2) is 16.1 Å². The molecule has 0 saturated carbocycles. The average molecular weight is 153 g/mol. The molecule has 0 amide bonds. The fourth-order valence-electron chi connectivity index (χ4n) is 1.02. The lowest BCUT2D eigenvalue weighted by atomic mass is 10.0. The summed E-state index contributed by atoms with van der Waals surface area (Å²) in [5.74, 6) is 0. The molecule has 0 fully saturated rings. The molecule has 0 spiro atoms. The Kier molecular flexibility index (Phi) is 5.81. The zero-order chi connectivity index (χ0) is 8.69. The van der Waals surface area contributed by atoms with E-state index in [0.717, 1.165) is 13.0 Å².